The Morgan fingerprint density at radius 3 is 2.37 bits per heavy atom. The van der Waals surface area contributed by atoms with Crippen LogP contribution in [-0.4, -0.2) is 49.7 Å². The van der Waals surface area contributed by atoms with Gasteiger partial charge in [0.1, 0.15) is 11.9 Å². The maximum absolute atomic E-state index is 14.4. The molecule has 8 nitrogen and oxygen atoms in total. The molecular weight excluding hydrogens is 622 g/mol. The van der Waals surface area contributed by atoms with Gasteiger partial charge in [0, 0.05) is 40.3 Å². The predicted octanol–water partition coefficient (Wildman–Crippen LogP) is 3.88. The number of rotatable bonds is 9. The second kappa shape index (κ2) is 11.6. The minimum Gasteiger partial charge on any atom is -0.351 e. The highest BCUT2D eigenvalue weighted by Crippen LogP contribution is 2.38. The highest BCUT2D eigenvalue weighted by atomic mass is 127. The number of hydrogen-bond donors (Lipinski definition) is 2. The molecule has 1 saturated heterocycles. The molecular formula is C27H32FIN4O4S. The molecule has 204 valence electrons. The van der Waals surface area contributed by atoms with Crippen molar-refractivity contribution < 1.29 is 22.4 Å². The van der Waals surface area contributed by atoms with Crippen LogP contribution in [0.3, 0.4) is 0 Å². The van der Waals surface area contributed by atoms with Crippen LogP contribution >= 0.6 is 22.6 Å². The summed E-state index contributed by atoms with van der Waals surface area (Å²) in [6.45, 7) is 1.01. The first kappa shape index (κ1) is 27.5. The van der Waals surface area contributed by atoms with Gasteiger partial charge in [0.15, 0.2) is 0 Å². The van der Waals surface area contributed by atoms with Gasteiger partial charge in [-0.25, -0.2) is 4.39 Å². The molecule has 1 aliphatic heterocycles. The number of halogens is 2. The molecule has 2 aliphatic carbocycles. The molecule has 2 N–H and O–H groups in total. The summed E-state index contributed by atoms with van der Waals surface area (Å²) < 4.78 is 43.8. The van der Waals surface area contributed by atoms with Crippen molar-refractivity contribution in [3.05, 3.63) is 63.5 Å². The number of anilines is 1. The van der Waals surface area contributed by atoms with Gasteiger partial charge in [-0.1, -0.05) is 43.5 Å². The number of nitrogens with one attached hydrogen (secondary N) is 2. The lowest BCUT2D eigenvalue weighted by Gasteiger charge is -2.40. The minimum absolute atomic E-state index is 0.0319. The zero-order valence-electron chi connectivity index (χ0n) is 21.0. The first-order valence-corrected chi connectivity index (χ1v) is 15.7. The quantitative estimate of drug-likeness (QED) is 0.317. The fourth-order valence-electron chi connectivity index (χ4n) is 5.33. The molecule has 11 heteroatoms. The van der Waals surface area contributed by atoms with Crippen molar-refractivity contribution in [2.24, 2.45) is 5.92 Å². The van der Waals surface area contributed by atoms with Gasteiger partial charge in [0.25, 0.3) is 10.2 Å². The molecule has 0 spiro atoms. The average molecular weight is 655 g/mol. The monoisotopic (exact) mass is 654 g/mol. The molecule has 2 saturated carbocycles. The van der Waals surface area contributed by atoms with Gasteiger partial charge in [-0.3, -0.25) is 14.5 Å². The summed E-state index contributed by atoms with van der Waals surface area (Å²) in [6.07, 6.45) is 5.65. The molecule has 5 rings (SSSR count). The maximum Gasteiger partial charge on any atom is 0.279 e. The van der Waals surface area contributed by atoms with E-state index < -0.39 is 28.0 Å². The molecule has 1 atom stereocenters. The van der Waals surface area contributed by atoms with Gasteiger partial charge in [0.05, 0.1) is 0 Å². The molecule has 0 aromatic heterocycles. The first-order valence-electron chi connectivity index (χ1n) is 13.1. The second-order valence-corrected chi connectivity index (χ2v) is 13.2. The molecule has 38 heavy (non-hydrogen) atoms. The Balaban J connectivity index is 1.45. The Labute approximate surface area is 236 Å². The summed E-state index contributed by atoms with van der Waals surface area (Å²) in [7, 11) is -3.53. The maximum atomic E-state index is 14.4. The summed E-state index contributed by atoms with van der Waals surface area (Å²) in [5.74, 6) is -1.61. The van der Waals surface area contributed by atoms with Crippen LogP contribution in [0.2, 0.25) is 0 Å². The van der Waals surface area contributed by atoms with Crippen LogP contribution in [0.25, 0.3) is 0 Å². The minimum atomic E-state index is -3.53. The van der Waals surface area contributed by atoms with Crippen LogP contribution in [0.1, 0.15) is 56.6 Å². The van der Waals surface area contributed by atoms with E-state index in [4.69, 9.17) is 0 Å². The normalized spacial score (nSPS) is 22.8. The molecule has 2 aromatic rings. The van der Waals surface area contributed by atoms with E-state index in [-0.39, 0.29) is 23.9 Å². The molecule has 3 aliphatic rings. The Kier molecular flexibility index (Phi) is 8.36. The lowest BCUT2D eigenvalue weighted by Crippen LogP contribution is -2.54. The number of carbonyl (C=O) groups excluding carboxylic acids is 2. The van der Waals surface area contributed by atoms with E-state index >= 15 is 0 Å². The summed E-state index contributed by atoms with van der Waals surface area (Å²) >= 11 is 2.16. The largest absolute Gasteiger partial charge is 0.351 e. The summed E-state index contributed by atoms with van der Waals surface area (Å²) in [5, 5.41) is 3.17. The third-order valence-electron chi connectivity index (χ3n) is 7.53. The highest BCUT2D eigenvalue weighted by molar-refractivity contribution is 14.1. The molecule has 2 aromatic carbocycles. The average Bonchev–Trinajstić information content (AvgIpc) is 3.72. The zero-order chi connectivity index (χ0) is 26.9. The number of carbonyl (C=O) groups is 2. The number of amides is 2. The van der Waals surface area contributed by atoms with Crippen molar-refractivity contribution in [2.45, 2.75) is 63.1 Å². The van der Waals surface area contributed by atoms with Crippen LogP contribution in [0, 0.1) is 15.3 Å². The van der Waals surface area contributed by atoms with Crippen LogP contribution < -0.4 is 14.9 Å². The Morgan fingerprint density at radius 1 is 1.00 bits per heavy atom. The van der Waals surface area contributed by atoms with E-state index in [1.54, 1.807) is 6.07 Å². The molecule has 0 unspecified atom stereocenters. The van der Waals surface area contributed by atoms with Crippen molar-refractivity contribution in [1.29, 1.82) is 0 Å². The Hall–Kier alpha value is -2.09. The van der Waals surface area contributed by atoms with E-state index in [0.29, 0.717) is 37.2 Å². The first-order chi connectivity index (χ1) is 18.2. The lowest BCUT2D eigenvalue weighted by atomic mass is 9.79. The van der Waals surface area contributed by atoms with Crippen LogP contribution in [0.4, 0.5) is 10.1 Å². The van der Waals surface area contributed by atoms with Crippen LogP contribution in [0.5, 0.6) is 0 Å². The van der Waals surface area contributed by atoms with Gasteiger partial charge in [-0.05, 0) is 78.1 Å². The third kappa shape index (κ3) is 6.21. The zero-order valence-corrected chi connectivity index (χ0v) is 24.0. The second-order valence-electron chi connectivity index (χ2n) is 10.3. The van der Waals surface area contributed by atoms with E-state index in [1.165, 1.54) is 27.4 Å². The van der Waals surface area contributed by atoms with Crippen molar-refractivity contribution in [1.82, 2.24) is 14.3 Å². The van der Waals surface area contributed by atoms with Gasteiger partial charge in [0.2, 0.25) is 11.8 Å². The van der Waals surface area contributed by atoms with Gasteiger partial charge in [-0.2, -0.15) is 17.4 Å². The molecule has 2 amide bonds. The number of benzene rings is 2. The molecule has 1 heterocycles. The molecule has 3 fully saturated rings. The van der Waals surface area contributed by atoms with Gasteiger partial charge >= 0.3 is 0 Å². The van der Waals surface area contributed by atoms with Crippen molar-refractivity contribution in [3.8, 4) is 0 Å². The smallest absolute Gasteiger partial charge is 0.279 e. The standard InChI is InChI=1S/C27H32FIN4O4S/c28-19-7-6-10-22(17-19)33(27(35)18-15-21(16-18)31-38(36,37)32-13-14-32)25(23-11-4-5-12-24(23)29)26(34)30-20-8-2-1-3-9-20/h4-7,10-12,17-18,20-21,25,31H,1-3,8-9,13-16H2,(H,30,34)/t18?,21?,25-/m1/s1. The van der Waals surface area contributed by atoms with Gasteiger partial charge < -0.3 is 5.32 Å². The predicted molar refractivity (Wildman–Crippen MR) is 151 cm³/mol. The van der Waals surface area contributed by atoms with Gasteiger partial charge in [-0.15, -0.1) is 0 Å². The molecule has 0 bridgehead atoms. The number of hydrogen-bond acceptors (Lipinski definition) is 4. The van der Waals surface area contributed by atoms with Crippen molar-refractivity contribution in [2.75, 3.05) is 18.0 Å². The Morgan fingerprint density at radius 2 is 1.71 bits per heavy atom. The third-order valence-corrected chi connectivity index (χ3v) is 10.2. The van der Waals surface area contributed by atoms with Crippen molar-refractivity contribution in [3.63, 3.8) is 0 Å². The SMILES string of the molecule is O=C(NC1CCCCC1)[C@@H](c1ccccc1I)N(C(=O)C1CC(NS(=O)(=O)N2CC2)C1)c1cccc(F)c1. The summed E-state index contributed by atoms with van der Waals surface area (Å²) in [4.78, 5) is 29.4. The van der Waals surface area contributed by atoms with E-state index in [2.05, 4.69) is 32.6 Å². The van der Waals surface area contributed by atoms with E-state index in [0.717, 1.165) is 35.7 Å². The fourth-order valence-corrected chi connectivity index (χ4v) is 7.34. The van der Waals surface area contributed by atoms with E-state index in [1.807, 2.05) is 24.3 Å². The molecule has 0 radical (unpaired) electrons. The number of nitrogens with zero attached hydrogens (tertiary/aromatic N) is 2. The summed E-state index contributed by atoms with van der Waals surface area (Å²) in [6, 6.07) is 11.8. The van der Waals surface area contributed by atoms with Crippen LogP contribution in [-0.2, 0) is 19.8 Å². The lowest BCUT2D eigenvalue weighted by molar-refractivity contribution is -0.130. The Bertz CT molecular complexity index is 1290. The summed E-state index contributed by atoms with van der Waals surface area (Å²) in [5.41, 5.74) is 0.962. The van der Waals surface area contributed by atoms with E-state index in [9.17, 15) is 22.4 Å². The fraction of sp³-hybridized carbons (Fsp3) is 0.481. The van der Waals surface area contributed by atoms with Crippen LogP contribution in [0.15, 0.2) is 48.5 Å². The highest BCUT2D eigenvalue weighted by Gasteiger charge is 2.45. The van der Waals surface area contributed by atoms with Crippen molar-refractivity contribution >= 4 is 50.3 Å². The topological polar surface area (TPSA) is 98.6 Å².